The summed E-state index contributed by atoms with van der Waals surface area (Å²) < 4.78 is 35.7. The number of aldehydes is 1. The second kappa shape index (κ2) is 5.01. The highest BCUT2D eigenvalue weighted by Gasteiger charge is 2.20. The number of halogens is 2. The van der Waals surface area contributed by atoms with Crippen LogP contribution in [-0.2, 0) is 14.9 Å². The first-order valence-corrected chi connectivity index (χ1v) is 6.09. The summed E-state index contributed by atoms with van der Waals surface area (Å²) in [6.07, 6.45) is 0.415. The third-order valence-electron chi connectivity index (χ3n) is 1.55. The number of hydrogen-bond acceptors (Lipinski definition) is 4. The molecular weight excluding hydrogens is 279 g/mol. The summed E-state index contributed by atoms with van der Waals surface area (Å²) in [7, 11) is -4.52. The quantitative estimate of drug-likeness (QED) is 0.674. The van der Waals surface area contributed by atoms with Gasteiger partial charge in [0.25, 0.3) is 10.1 Å². The van der Waals surface area contributed by atoms with Crippen molar-refractivity contribution in [1.82, 2.24) is 0 Å². The van der Waals surface area contributed by atoms with Gasteiger partial charge in [-0.05, 0) is 12.1 Å². The third kappa shape index (κ3) is 3.08. The highest BCUT2D eigenvalue weighted by molar-refractivity contribution is 7.86. The van der Waals surface area contributed by atoms with Crippen molar-refractivity contribution >= 4 is 39.6 Å². The zero-order valence-electron chi connectivity index (χ0n) is 7.68. The van der Waals surface area contributed by atoms with E-state index in [0.717, 1.165) is 6.07 Å². The van der Waals surface area contributed by atoms with E-state index in [1.54, 1.807) is 0 Å². The van der Waals surface area contributed by atoms with Gasteiger partial charge in [0.15, 0.2) is 12.0 Å². The highest BCUT2D eigenvalue weighted by atomic mass is 35.5. The molecule has 1 N–H and O–H groups in total. The molecule has 0 atom stereocenters. The average molecular weight is 285 g/mol. The van der Waals surface area contributed by atoms with E-state index in [-0.39, 0.29) is 22.4 Å². The average Bonchev–Trinajstić information content (AvgIpc) is 2.14. The summed E-state index contributed by atoms with van der Waals surface area (Å²) in [5, 5.41) is -0.0851. The molecule has 0 fully saturated rings. The molecule has 5 nitrogen and oxygen atoms in total. The van der Waals surface area contributed by atoms with Gasteiger partial charge in [-0.25, -0.2) is 0 Å². The van der Waals surface area contributed by atoms with Crippen LogP contribution in [-0.4, -0.2) is 25.9 Å². The lowest BCUT2D eigenvalue weighted by Gasteiger charge is -2.09. The first-order chi connectivity index (χ1) is 7.36. The van der Waals surface area contributed by atoms with E-state index in [1.807, 2.05) is 0 Å². The Bertz CT molecular complexity index is 511. The van der Waals surface area contributed by atoms with Crippen LogP contribution in [0.25, 0.3) is 0 Å². The SMILES string of the molecule is O=CCOc1c(Cl)cc(Cl)cc1S(=O)(=O)O. The van der Waals surface area contributed by atoms with Crippen molar-refractivity contribution in [2.75, 3.05) is 6.61 Å². The number of ether oxygens (including phenoxy) is 1. The fourth-order valence-corrected chi connectivity index (χ4v) is 2.33. The van der Waals surface area contributed by atoms with Gasteiger partial charge in [-0.15, -0.1) is 0 Å². The zero-order chi connectivity index (χ0) is 12.3. The highest BCUT2D eigenvalue weighted by Crippen LogP contribution is 2.35. The van der Waals surface area contributed by atoms with Crippen LogP contribution in [0, 0.1) is 0 Å². The van der Waals surface area contributed by atoms with E-state index >= 15 is 0 Å². The Hall–Kier alpha value is -0.820. The molecule has 0 saturated carbocycles. The second-order valence-corrected chi connectivity index (χ2v) is 4.90. The van der Waals surface area contributed by atoms with Crippen LogP contribution in [0.2, 0.25) is 10.0 Å². The van der Waals surface area contributed by atoms with Gasteiger partial charge in [-0.2, -0.15) is 8.42 Å². The van der Waals surface area contributed by atoms with Crippen LogP contribution >= 0.6 is 23.2 Å². The van der Waals surface area contributed by atoms with Gasteiger partial charge in [0.2, 0.25) is 0 Å². The molecule has 1 aromatic rings. The maximum atomic E-state index is 11.0. The van der Waals surface area contributed by atoms with Gasteiger partial charge in [-0.3, -0.25) is 9.35 Å². The summed E-state index contributed by atoms with van der Waals surface area (Å²) >= 11 is 11.3. The van der Waals surface area contributed by atoms with Crippen LogP contribution in [0.5, 0.6) is 5.75 Å². The van der Waals surface area contributed by atoms with Crippen molar-refractivity contribution in [1.29, 1.82) is 0 Å². The molecule has 0 saturated heterocycles. The van der Waals surface area contributed by atoms with E-state index in [1.165, 1.54) is 6.07 Å². The fraction of sp³-hybridized carbons (Fsp3) is 0.125. The topological polar surface area (TPSA) is 80.7 Å². The second-order valence-electron chi connectivity index (χ2n) is 2.67. The molecule has 1 rings (SSSR count). The molecule has 16 heavy (non-hydrogen) atoms. The Morgan fingerprint density at radius 1 is 1.38 bits per heavy atom. The summed E-state index contributed by atoms with van der Waals surface area (Å²) in [5.74, 6) is -0.305. The molecule has 0 aliphatic rings. The van der Waals surface area contributed by atoms with Crippen LogP contribution in [0.1, 0.15) is 0 Å². The van der Waals surface area contributed by atoms with Gasteiger partial charge in [0, 0.05) is 5.02 Å². The molecule has 0 aromatic heterocycles. The molecule has 1 aromatic carbocycles. The van der Waals surface area contributed by atoms with Crippen molar-refractivity contribution in [3.63, 3.8) is 0 Å². The Balaban J connectivity index is 3.38. The number of benzene rings is 1. The first kappa shape index (κ1) is 13.2. The van der Waals surface area contributed by atoms with Crippen molar-refractivity contribution in [2.24, 2.45) is 0 Å². The van der Waals surface area contributed by atoms with Gasteiger partial charge in [0.05, 0.1) is 5.02 Å². The minimum Gasteiger partial charge on any atom is -0.483 e. The molecule has 0 amide bonds. The van der Waals surface area contributed by atoms with Crippen molar-refractivity contribution in [3.05, 3.63) is 22.2 Å². The van der Waals surface area contributed by atoms with Crippen molar-refractivity contribution < 1.29 is 22.5 Å². The van der Waals surface area contributed by atoms with E-state index < -0.39 is 15.0 Å². The molecule has 8 heteroatoms. The lowest BCUT2D eigenvalue weighted by molar-refractivity contribution is -0.109. The van der Waals surface area contributed by atoms with Crippen LogP contribution in [0.3, 0.4) is 0 Å². The molecule has 0 aliphatic carbocycles. The largest absolute Gasteiger partial charge is 0.483 e. The molecule has 0 aliphatic heterocycles. The number of carbonyl (C=O) groups excluding carboxylic acids is 1. The molecule has 0 radical (unpaired) electrons. The Morgan fingerprint density at radius 3 is 2.50 bits per heavy atom. The van der Waals surface area contributed by atoms with Crippen LogP contribution < -0.4 is 4.74 Å². The van der Waals surface area contributed by atoms with E-state index in [0.29, 0.717) is 6.29 Å². The first-order valence-electron chi connectivity index (χ1n) is 3.89. The third-order valence-corrected chi connectivity index (χ3v) is 2.91. The fourth-order valence-electron chi connectivity index (χ4n) is 0.986. The minimum absolute atomic E-state index is 0.0241. The molecule has 0 unspecified atom stereocenters. The number of hydrogen-bond donors (Lipinski definition) is 1. The van der Waals surface area contributed by atoms with Crippen molar-refractivity contribution in [2.45, 2.75) is 4.90 Å². The Labute approximate surface area is 102 Å². The molecule has 0 spiro atoms. The minimum atomic E-state index is -4.52. The molecule has 0 bridgehead atoms. The summed E-state index contributed by atoms with van der Waals surface area (Å²) in [4.78, 5) is 9.53. The molecule has 0 heterocycles. The summed E-state index contributed by atoms with van der Waals surface area (Å²) in [6.45, 7) is -0.385. The smallest absolute Gasteiger partial charge is 0.298 e. The maximum Gasteiger partial charge on any atom is 0.298 e. The van der Waals surface area contributed by atoms with Gasteiger partial charge < -0.3 is 4.74 Å². The molecular formula is C8H6Cl2O5S. The Morgan fingerprint density at radius 2 is 2.00 bits per heavy atom. The predicted octanol–water partition coefficient (Wildman–Crippen LogP) is 1.82. The monoisotopic (exact) mass is 284 g/mol. The lowest BCUT2D eigenvalue weighted by Crippen LogP contribution is -2.06. The zero-order valence-corrected chi connectivity index (χ0v) is 10.0. The normalized spacial score (nSPS) is 11.2. The van der Waals surface area contributed by atoms with E-state index in [2.05, 4.69) is 0 Å². The van der Waals surface area contributed by atoms with Gasteiger partial charge in [-0.1, -0.05) is 23.2 Å². The lowest BCUT2D eigenvalue weighted by atomic mass is 10.3. The summed E-state index contributed by atoms with van der Waals surface area (Å²) in [5.41, 5.74) is 0. The predicted molar refractivity (Wildman–Crippen MR) is 57.8 cm³/mol. The number of carbonyl (C=O) groups is 1. The molecule has 88 valence electrons. The van der Waals surface area contributed by atoms with Gasteiger partial charge >= 0.3 is 0 Å². The Kier molecular flexibility index (Phi) is 4.15. The maximum absolute atomic E-state index is 11.0. The van der Waals surface area contributed by atoms with Gasteiger partial charge in [0.1, 0.15) is 11.5 Å². The van der Waals surface area contributed by atoms with E-state index in [9.17, 15) is 13.2 Å². The standard InChI is InChI=1S/C8H6Cl2O5S/c9-5-3-6(10)8(15-2-1-11)7(4-5)16(12,13)14/h1,3-4H,2H2,(H,12,13,14). The van der Waals surface area contributed by atoms with Crippen LogP contribution in [0.4, 0.5) is 0 Å². The van der Waals surface area contributed by atoms with Crippen LogP contribution in [0.15, 0.2) is 17.0 Å². The van der Waals surface area contributed by atoms with E-state index in [4.69, 9.17) is 32.5 Å². The van der Waals surface area contributed by atoms with Crippen molar-refractivity contribution in [3.8, 4) is 5.75 Å². The number of rotatable bonds is 4. The summed E-state index contributed by atoms with van der Waals surface area (Å²) in [6, 6.07) is 2.21.